The number of aryl methyl sites for hydroxylation is 1. The van der Waals surface area contributed by atoms with Gasteiger partial charge in [0.1, 0.15) is 12.7 Å². The van der Waals surface area contributed by atoms with Crippen LogP contribution in [0.4, 0.5) is 0 Å². The van der Waals surface area contributed by atoms with Crippen LogP contribution in [0.3, 0.4) is 0 Å². The molecule has 0 bridgehead atoms. The highest BCUT2D eigenvalue weighted by molar-refractivity contribution is 7.13. The van der Waals surface area contributed by atoms with E-state index in [2.05, 4.69) is 53.9 Å². The van der Waals surface area contributed by atoms with Crippen molar-refractivity contribution >= 4 is 17.2 Å². The van der Waals surface area contributed by atoms with Crippen LogP contribution in [0.25, 0.3) is 10.4 Å². The molecule has 1 atom stereocenters. The summed E-state index contributed by atoms with van der Waals surface area (Å²) in [5.74, 6) is 1.68. The number of thiophene rings is 1. The van der Waals surface area contributed by atoms with Gasteiger partial charge in [-0.05, 0) is 53.1 Å². The first-order chi connectivity index (χ1) is 15.1. The minimum Gasteiger partial charge on any atom is -0.487 e. The van der Waals surface area contributed by atoms with Crippen LogP contribution in [-0.2, 0) is 17.8 Å². The van der Waals surface area contributed by atoms with E-state index in [4.69, 9.17) is 9.47 Å². The van der Waals surface area contributed by atoms with Crippen LogP contribution in [0.5, 0.6) is 11.5 Å². The predicted molar refractivity (Wildman–Crippen MR) is 124 cm³/mol. The second kappa shape index (κ2) is 8.39. The molecule has 0 saturated heterocycles. The Balaban J connectivity index is 1.54. The summed E-state index contributed by atoms with van der Waals surface area (Å²) in [6, 6.07) is 17.0. The van der Waals surface area contributed by atoms with E-state index in [9.17, 15) is 4.79 Å². The number of carbonyl (C=O) groups is 1. The van der Waals surface area contributed by atoms with E-state index in [0.717, 1.165) is 35.5 Å². The lowest BCUT2D eigenvalue weighted by Crippen LogP contribution is -2.35. The standard InChI is InChI=1S/C26H27NO3S/c1-17(2)26(28)27-11-12-29-25-20(16-27)14-19(24-8-5-13-31-24)15-23(25)30-22-10-9-18-6-3-4-7-21(18)22/h3-8,13-15,17,22H,9-12,16H2,1-2H3. The molecule has 0 fully saturated rings. The minimum absolute atomic E-state index is 0.0270. The Hall–Kier alpha value is -2.79. The number of hydrogen-bond acceptors (Lipinski definition) is 4. The average molecular weight is 434 g/mol. The molecule has 3 aromatic rings. The Bertz CT molecular complexity index is 1090. The number of hydrogen-bond donors (Lipinski definition) is 0. The van der Waals surface area contributed by atoms with Gasteiger partial charge in [-0.3, -0.25) is 4.79 Å². The molecular formula is C26H27NO3S. The zero-order valence-corrected chi connectivity index (χ0v) is 18.8. The molecule has 31 heavy (non-hydrogen) atoms. The molecule has 160 valence electrons. The van der Waals surface area contributed by atoms with E-state index < -0.39 is 0 Å². The van der Waals surface area contributed by atoms with Gasteiger partial charge in [-0.2, -0.15) is 0 Å². The predicted octanol–water partition coefficient (Wildman–Crippen LogP) is 5.86. The SMILES string of the molecule is CC(C)C(=O)N1CCOc2c(cc(-c3cccs3)cc2OC2CCc3ccccc32)C1. The lowest BCUT2D eigenvalue weighted by atomic mass is 10.1. The van der Waals surface area contributed by atoms with Gasteiger partial charge in [0.15, 0.2) is 11.5 Å². The molecule has 2 aliphatic rings. The number of carbonyl (C=O) groups excluding carboxylic acids is 1. The number of rotatable bonds is 4. The van der Waals surface area contributed by atoms with E-state index in [0.29, 0.717) is 19.7 Å². The third kappa shape index (κ3) is 3.94. The first kappa shape index (κ1) is 20.1. The highest BCUT2D eigenvalue weighted by Crippen LogP contribution is 2.43. The molecule has 5 heteroatoms. The Kier molecular flexibility index (Phi) is 5.45. The van der Waals surface area contributed by atoms with Gasteiger partial charge in [-0.15, -0.1) is 11.3 Å². The molecule has 0 spiro atoms. The maximum absolute atomic E-state index is 12.7. The molecule has 0 saturated carbocycles. The summed E-state index contributed by atoms with van der Waals surface area (Å²) in [5, 5.41) is 2.08. The smallest absolute Gasteiger partial charge is 0.225 e. The zero-order valence-electron chi connectivity index (χ0n) is 18.0. The maximum atomic E-state index is 12.7. The Labute approximate surface area is 187 Å². The van der Waals surface area contributed by atoms with Crippen LogP contribution in [0, 0.1) is 5.92 Å². The van der Waals surface area contributed by atoms with Crippen LogP contribution in [0.2, 0.25) is 0 Å². The number of fused-ring (bicyclic) bond motifs is 2. The van der Waals surface area contributed by atoms with Crippen molar-refractivity contribution in [2.75, 3.05) is 13.2 Å². The van der Waals surface area contributed by atoms with E-state index >= 15 is 0 Å². The molecule has 1 amide bonds. The molecule has 2 heterocycles. The first-order valence-electron chi connectivity index (χ1n) is 11.0. The molecule has 5 rings (SSSR count). The molecule has 0 N–H and O–H groups in total. The topological polar surface area (TPSA) is 38.8 Å². The van der Waals surface area contributed by atoms with E-state index in [1.165, 1.54) is 16.0 Å². The highest BCUT2D eigenvalue weighted by atomic mass is 32.1. The van der Waals surface area contributed by atoms with Crippen molar-refractivity contribution in [3.63, 3.8) is 0 Å². The van der Waals surface area contributed by atoms with Gasteiger partial charge in [0.25, 0.3) is 0 Å². The highest BCUT2D eigenvalue weighted by Gasteiger charge is 2.28. The van der Waals surface area contributed by atoms with Crippen LogP contribution >= 0.6 is 11.3 Å². The molecule has 4 nitrogen and oxygen atoms in total. The van der Waals surface area contributed by atoms with Gasteiger partial charge in [0.2, 0.25) is 5.91 Å². The lowest BCUT2D eigenvalue weighted by molar-refractivity contribution is -0.135. The molecule has 1 aliphatic carbocycles. The quantitative estimate of drug-likeness (QED) is 0.517. The molecule has 0 radical (unpaired) electrons. The summed E-state index contributed by atoms with van der Waals surface area (Å²) < 4.78 is 12.8. The van der Waals surface area contributed by atoms with Crippen molar-refractivity contribution in [2.24, 2.45) is 5.92 Å². The maximum Gasteiger partial charge on any atom is 0.225 e. The summed E-state index contributed by atoms with van der Waals surface area (Å²) in [5.41, 5.74) is 4.75. The molecular weight excluding hydrogens is 406 g/mol. The fourth-order valence-electron chi connectivity index (χ4n) is 4.50. The molecule has 1 aliphatic heterocycles. The van der Waals surface area contributed by atoms with E-state index in [-0.39, 0.29) is 17.9 Å². The van der Waals surface area contributed by atoms with Crippen molar-refractivity contribution in [3.8, 4) is 21.9 Å². The second-order valence-corrected chi connectivity index (χ2v) is 9.49. The Morgan fingerprint density at radius 2 is 2.03 bits per heavy atom. The third-order valence-electron chi connectivity index (χ3n) is 6.06. The van der Waals surface area contributed by atoms with Crippen LogP contribution in [0.15, 0.2) is 53.9 Å². The lowest BCUT2D eigenvalue weighted by Gasteiger charge is -2.22. The van der Waals surface area contributed by atoms with Crippen LogP contribution in [0.1, 0.15) is 43.1 Å². The van der Waals surface area contributed by atoms with Crippen molar-refractivity contribution in [3.05, 3.63) is 70.6 Å². The Morgan fingerprint density at radius 3 is 2.84 bits per heavy atom. The van der Waals surface area contributed by atoms with Gasteiger partial charge in [0.05, 0.1) is 6.54 Å². The second-order valence-electron chi connectivity index (χ2n) is 8.55. The fourth-order valence-corrected chi connectivity index (χ4v) is 5.22. The van der Waals surface area contributed by atoms with Crippen molar-refractivity contribution in [2.45, 2.75) is 39.3 Å². The summed E-state index contributed by atoms with van der Waals surface area (Å²) >= 11 is 1.71. The minimum atomic E-state index is -0.0345. The normalized spacial score (nSPS) is 17.6. The van der Waals surface area contributed by atoms with Gasteiger partial charge in [-0.1, -0.05) is 44.2 Å². The third-order valence-corrected chi connectivity index (χ3v) is 6.98. The largest absolute Gasteiger partial charge is 0.487 e. The Morgan fingerprint density at radius 1 is 1.16 bits per heavy atom. The van der Waals surface area contributed by atoms with Crippen molar-refractivity contribution < 1.29 is 14.3 Å². The molecule has 2 aromatic carbocycles. The fraction of sp³-hybridized carbons (Fsp3) is 0.346. The summed E-state index contributed by atoms with van der Waals surface area (Å²) in [6.07, 6.45) is 2.03. The van der Waals surface area contributed by atoms with Gasteiger partial charge >= 0.3 is 0 Å². The van der Waals surface area contributed by atoms with Crippen LogP contribution in [-0.4, -0.2) is 24.0 Å². The van der Waals surface area contributed by atoms with E-state index in [1.807, 2.05) is 18.7 Å². The molecule has 1 aromatic heterocycles. The van der Waals surface area contributed by atoms with E-state index in [1.54, 1.807) is 11.3 Å². The number of ether oxygens (including phenoxy) is 2. The van der Waals surface area contributed by atoms with Crippen molar-refractivity contribution in [1.82, 2.24) is 4.90 Å². The van der Waals surface area contributed by atoms with Gasteiger partial charge in [-0.25, -0.2) is 0 Å². The monoisotopic (exact) mass is 433 g/mol. The number of amides is 1. The van der Waals surface area contributed by atoms with Crippen LogP contribution < -0.4 is 9.47 Å². The van der Waals surface area contributed by atoms with Crippen molar-refractivity contribution in [1.29, 1.82) is 0 Å². The summed E-state index contributed by atoms with van der Waals surface area (Å²) in [4.78, 5) is 15.8. The summed E-state index contributed by atoms with van der Waals surface area (Å²) in [6.45, 7) is 5.50. The first-order valence-corrected chi connectivity index (χ1v) is 11.8. The number of nitrogens with zero attached hydrogens (tertiary/aromatic N) is 1. The zero-order chi connectivity index (χ0) is 21.4. The summed E-state index contributed by atoms with van der Waals surface area (Å²) in [7, 11) is 0. The number of benzene rings is 2. The van der Waals surface area contributed by atoms with Gasteiger partial charge in [0, 0.05) is 22.9 Å². The van der Waals surface area contributed by atoms with Gasteiger partial charge < -0.3 is 14.4 Å². The molecule has 1 unspecified atom stereocenters. The average Bonchev–Trinajstić information content (AvgIpc) is 3.39.